The second-order valence-electron chi connectivity index (χ2n) is 3.85. The lowest BCUT2D eigenvalue weighted by molar-refractivity contribution is 0.628. The molecule has 0 aliphatic rings. The second kappa shape index (κ2) is 4.63. The van der Waals surface area contributed by atoms with Gasteiger partial charge in [-0.3, -0.25) is 0 Å². The number of benzene rings is 2. The molecule has 0 atom stereocenters. The molecule has 0 radical (unpaired) electrons. The van der Waals surface area contributed by atoms with Crippen molar-refractivity contribution in [1.29, 1.82) is 0 Å². The number of hydrogen-bond donors (Lipinski definition) is 2. The fraction of sp³-hybridized carbons (Fsp3) is 0.0769. The van der Waals surface area contributed by atoms with E-state index in [0.29, 0.717) is 10.7 Å². The number of nitrogens with one attached hydrogen (secondary N) is 1. The zero-order valence-corrected chi connectivity index (χ0v) is 10.1. The Balaban J connectivity index is 2.28. The van der Waals surface area contributed by atoms with Gasteiger partial charge in [0.15, 0.2) is 0 Å². The molecule has 2 nitrogen and oxygen atoms in total. The second-order valence-corrected chi connectivity index (χ2v) is 4.29. The Labute approximate surface area is 104 Å². The number of hydrogen-bond acceptors (Lipinski definition) is 2. The van der Waals surface area contributed by atoms with Gasteiger partial charge in [-0.15, -0.1) is 0 Å². The minimum atomic E-state index is -0.368. The Morgan fingerprint density at radius 3 is 2.53 bits per heavy atom. The summed E-state index contributed by atoms with van der Waals surface area (Å²) >= 11 is 5.77. The quantitative estimate of drug-likeness (QED) is 0.787. The number of aryl methyl sites for hydroxylation is 1. The molecular weight excluding hydrogens is 239 g/mol. The topological polar surface area (TPSA) is 38.0 Å². The van der Waals surface area contributed by atoms with Crippen LogP contribution in [0.4, 0.5) is 21.5 Å². The summed E-state index contributed by atoms with van der Waals surface area (Å²) in [6, 6.07) is 9.85. The zero-order chi connectivity index (χ0) is 12.4. The van der Waals surface area contributed by atoms with Crippen molar-refractivity contribution in [2.24, 2.45) is 0 Å². The van der Waals surface area contributed by atoms with Crippen LogP contribution in [0.25, 0.3) is 0 Å². The van der Waals surface area contributed by atoms with Crippen molar-refractivity contribution >= 4 is 28.7 Å². The van der Waals surface area contributed by atoms with Gasteiger partial charge in [0, 0.05) is 22.1 Å². The van der Waals surface area contributed by atoms with Crippen LogP contribution in [0.1, 0.15) is 5.56 Å². The van der Waals surface area contributed by atoms with Gasteiger partial charge in [-0.1, -0.05) is 11.6 Å². The van der Waals surface area contributed by atoms with Crippen LogP contribution in [-0.2, 0) is 0 Å². The summed E-state index contributed by atoms with van der Waals surface area (Å²) in [5, 5.41) is 3.43. The predicted molar refractivity (Wildman–Crippen MR) is 70.3 cm³/mol. The number of nitrogen functional groups attached to an aromatic ring is 1. The van der Waals surface area contributed by atoms with Gasteiger partial charge >= 0.3 is 0 Å². The Morgan fingerprint density at radius 2 is 1.88 bits per heavy atom. The first-order valence-corrected chi connectivity index (χ1v) is 5.51. The van der Waals surface area contributed by atoms with Crippen molar-refractivity contribution in [1.82, 2.24) is 0 Å². The molecule has 4 heteroatoms. The van der Waals surface area contributed by atoms with Gasteiger partial charge in [0.1, 0.15) is 5.82 Å². The molecule has 0 saturated heterocycles. The van der Waals surface area contributed by atoms with Crippen LogP contribution in [0, 0.1) is 12.7 Å². The van der Waals surface area contributed by atoms with Crippen LogP contribution >= 0.6 is 11.6 Å². The minimum Gasteiger partial charge on any atom is -0.399 e. The standard InChI is InChI=1S/C13H12ClFN2/c1-8-4-11(2-3-13(8)16)17-12-6-9(14)5-10(15)7-12/h2-7,17H,16H2,1H3. The number of nitrogens with two attached hydrogens (primary N) is 1. The van der Waals surface area contributed by atoms with E-state index < -0.39 is 0 Å². The Kier molecular flexibility index (Phi) is 3.20. The van der Waals surface area contributed by atoms with E-state index >= 15 is 0 Å². The molecule has 0 bridgehead atoms. The zero-order valence-electron chi connectivity index (χ0n) is 9.30. The highest BCUT2D eigenvalue weighted by Gasteiger charge is 2.01. The summed E-state index contributed by atoms with van der Waals surface area (Å²) in [5.41, 5.74) is 8.88. The summed E-state index contributed by atoms with van der Waals surface area (Å²) in [5.74, 6) is -0.368. The fourth-order valence-corrected chi connectivity index (χ4v) is 1.77. The van der Waals surface area contributed by atoms with E-state index in [1.807, 2.05) is 19.1 Å². The lowest BCUT2D eigenvalue weighted by Crippen LogP contribution is -1.94. The van der Waals surface area contributed by atoms with Gasteiger partial charge in [0.25, 0.3) is 0 Å². The molecule has 0 amide bonds. The molecule has 2 rings (SSSR count). The molecule has 0 aliphatic carbocycles. The van der Waals surface area contributed by atoms with Gasteiger partial charge in [-0.05, 0) is 48.9 Å². The van der Waals surface area contributed by atoms with E-state index in [0.717, 1.165) is 16.9 Å². The third-order valence-electron chi connectivity index (χ3n) is 2.42. The van der Waals surface area contributed by atoms with Gasteiger partial charge in [0.2, 0.25) is 0 Å². The molecule has 2 aromatic rings. The molecule has 88 valence electrons. The Bertz CT molecular complexity index is 535. The molecule has 0 saturated carbocycles. The molecule has 3 N–H and O–H groups in total. The first-order valence-electron chi connectivity index (χ1n) is 5.14. The van der Waals surface area contributed by atoms with Crippen molar-refractivity contribution in [3.05, 3.63) is 52.8 Å². The number of rotatable bonds is 2. The molecule has 0 aliphatic heterocycles. The highest BCUT2D eigenvalue weighted by molar-refractivity contribution is 6.30. The summed E-state index contributed by atoms with van der Waals surface area (Å²) in [7, 11) is 0. The van der Waals surface area contributed by atoms with Crippen molar-refractivity contribution in [2.75, 3.05) is 11.1 Å². The van der Waals surface area contributed by atoms with Crippen LogP contribution in [0.15, 0.2) is 36.4 Å². The SMILES string of the molecule is Cc1cc(Nc2cc(F)cc(Cl)c2)ccc1N. The molecule has 2 aromatic carbocycles. The Hall–Kier alpha value is -1.74. The Morgan fingerprint density at radius 1 is 1.12 bits per heavy atom. The monoisotopic (exact) mass is 250 g/mol. The van der Waals surface area contributed by atoms with Crippen molar-refractivity contribution in [3.8, 4) is 0 Å². The average molecular weight is 251 g/mol. The molecule has 0 aromatic heterocycles. The number of anilines is 3. The van der Waals surface area contributed by atoms with E-state index in [2.05, 4.69) is 5.32 Å². The summed E-state index contributed by atoms with van der Waals surface area (Å²) in [4.78, 5) is 0. The van der Waals surface area contributed by atoms with Crippen LogP contribution < -0.4 is 11.1 Å². The third-order valence-corrected chi connectivity index (χ3v) is 2.64. The maximum atomic E-state index is 13.1. The third kappa shape index (κ3) is 2.88. The summed E-state index contributed by atoms with van der Waals surface area (Å²) < 4.78 is 13.1. The van der Waals surface area contributed by atoms with Crippen molar-refractivity contribution in [3.63, 3.8) is 0 Å². The smallest absolute Gasteiger partial charge is 0.126 e. The van der Waals surface area contributed by atoms with Crippen molar-refractivity contribution < 1.29 is 4.39 Å². The first kappa shape index (κ1) is 11.7. The average Bonchev–Trinajstić information content (AvgIpc) is 2.22. The predicted octanol–water partition coefficient (Wildman–Crippen LogP) is 4.11. The maximum absolute atomic E-state index is 13.1. The van der Waals surface area contributed by atoms with E-state index in [4.69, 9.17) is 17.3 Å². The number of halogens is 2. The van der Waals surface area contributed by atoms with E-state index in [9.17, 15) is 4.39 Å². The lowest BCUT2D eigenvalue weighted by Gasteiger charge is -2.09. The van der Waals surface area contributed by atoms with Crippen molar-refractivity contribution in [2.45, 2.75) is 6.92 Å². The van der Waals surface area contributed by atoms with Crippen LogP contribution in [0.2, 0.25) is 5.02 Å². The van der Waals surface area contributed by atoms with Crippen LogP contribution in [-0.4, -0.2) is 0 Å². The fourth-order valence-electron chi connectivity index (χ4n) is 1.55. The molecule has 0 unspecified atom stereocenters. The maximum Gasteiger partial charge on any atom is 0.126 e. The first-order chi connectivity index (χ1) is 8.04. The largest absolute Gasteiger partial charge is 0.399 e. The highest BCUT2D eigenvalue weighted by atomic mass is 35.5. The minimum absolute atomic E-state index is 0.361. The van der Waals surface area contributed by atoms with Gasteiger partial charge in [-0.2, -0.15) is 0 Å². The molecule has 0 fully saturated rings. The van der Waals surface area contributed by atoms with Gasteiger partial charge in [-0.25, -0.2) is 4.39 Å². The van der Waals surface area contributed by atoms with Gasteiger partial charge in [0.05, 0.1) is 0 Å². The van der Waals surface area contributed by atoms with E-state index in [-0.39, 0.29) is 5.82 Å². The molecule has 17 heavy (non-hydrogen) atoms. The summed E-state index contributed by atoms with van der Waals surface area (Å²) in [6.45, 7) is 1.92. The van der Waals surface area contributed by atoms with Crippen LogP contribution in [0.3, 0.4) is 0 Å². The normalized spacial score (nSPS) is 10.3. The lowest BCUT2D eigenvalue weighted by atomic mass is 10.2. The van der Waals surface area contributed by atoms with Crippen LogP contribution in [0.5, 0.6) is 0 Å². The highest BCUT2D eigenvalue weighted by Crippen LogP contribution is 2.24. The van der Waals surface area contributed by atoms with E-state index in [1.54, 1.807) is 12.1 Å². The molecule has 0 heterocycles. The van der Waals surface area contributed by atoms with E-state index in [1.165, 1.54) is 12.1 Å². The van der Waals surface area contributed by atoms with Gasteiger partial charge < -0.3 is 11.1 Å². The summed E-state index contributed by atoms with van der Waals surface area (Å²) in [6.07, 6.45) is 0. The molecule has 0 spiro atoms. The molecular formula is C13H12ClFN2.